The summed E-state index contributed by atoms with van der Waals surface area (Å²) in [4.78, 5) is 30.9. The van der Waals surface area contributed by atoms with Crippen molar-refractivity contribution in [3.05, 3.63) is 144 Å². The van der Waals surface area contributed by atoms with E-state index < -0.39 is 27.3 Å². The highest BCUT2D eigenvalue weighted by atomic mass is 32.2. The van der Waals surface area contributed by atoms with E-state index in [4.69, 9.17) is 10.1 Å². The number of anilines is 1. The number of hydrogen-bond acceptors (Lipinski definition) is 7. The highest BCUT2D eigenvalue weighted by Gasteiger charge is 2.45. The molecule has 310 valence electrons. The number of carboxylic acid groups (broad SMARTS) is 1. The number of allylic oxidation sites excluding steroid dienone is 6. The van der Waals surface area contributed by atoms with E-state index in [1.807, 2.05) is 24.3 Å². The summed E-state index contributed by atoms with van der Waals surface area (Å²) in [7, 11) is -2.31. The van der Waals surface area contributed by atoms with Gasteiger partial charge in [-0.1, -0.05) is 80.9 Å². The van der Waals surface area contributed by atoms with E-state index in [2.05, 4.69) is 128 Å². The Morgan fingerprint density at radius 2 is 1.53 bits per heavy atom. The normalized spacial score (nSPS) is 16.6. The van der Waals surface area contributed by atoms with Crippen molar-refractivity contribution < 1.29 is 32.2 Å². The second-order valence-electron chi connectivity index (χ2n) is 16.7. The molecule has 0 spiro atoms. The number of aliphatic carboxylic acids is 1. The Morgan fingerprint density at radius 3 is 2.20 bits per heavy atom. The van der Waals surface area contributed by atoms with Gasteiger partial charge in [0.05, 0.1) is 26.8 Å². The highest BCUT2D eigenvalue weighted by Crippen LogP contribution is 2.50. The van der Waals surface area contributed by atoms with Crippen molar-refractivity contribution in [1.29, 1.82) is 0 Å². The molecule has 60 heavy (non-hydrogen) atoms. The maximum Gasteiger partial charge on any atom is 0.303 e. The summed E-state index contributed by atoms with van der Waals surface area (Å²) in [6.45, 7) is 9.60. The van der Waals surface area contributed by atoms with E-state index in [0.29, 0.717) is 43.6 Å². The van der Waals surface area contributed by atoms with E-state index in [1.54, 1.807) is 12.3 Å². The quantitative estimate of drug-likeness (QED) is 0.0461. The van der Waals surface area contributed by atoms with Gasteiger partial charge in [0.2, 0.25) is 5.69 Å². The summed E-state index contributed by atoms with van der Waals surface area (Å²) in [5.74, 6) is -1.53. The van der Waals surface area contributed by atoms with Gasteiger partial charge in [-0.25, -0.2) is 8.42 Å². The fourth-order valence-corrected chi connectivity index (χ4v) is 9.50. The van der Waals surface area contributed by atoms with E-state index in [-0.39, 0.29) is 24.2 Å². The van der Waals surface area contributed by atoms with E-state index >= 15 is 0 Å². The van der Waals surface area contributed by atoms with Crippen molar-refractivity contribution in [1.82, 2.24) is 10.3 Å². The van der Waals surface area contributed by atoms with Crippen LogP contribution in [0.2, 0.25) is 0 Å². The second-order valence-corrected chi connectivity index (χ2v) is 18.2. The van der Waals surface area contributed by atoms with Crippen LogP contribution in [0.15, 0.2) is 121 Å². The average molecular weight is 825 g/mol. The van der Waals surface area contributed by atoms with Crippen molar-refractivity contribution in [2.75, 3.05) is 30.8 Å². The van der Waals surface area contributed by atoms with Gasteiger partial charge < -0.3 is 19.9 Å². The Bertz CT molecular complexity index is 2730. The number of amides is 1. The summed E-state index contributed by atoms with van der Waals surface area (Å²) in [6, 6.07) is 28.8. The SMILES string of the molecule is CN1/C(=C/C=C(/C=C/C2=[N+](CCCS(=O)(=O)[O-])c3ccc4ccccc4c3C2(C)C)c2ccc(C(=O)NCCCCCC(=O)O)cn2)C(C)(C)c2c1ccc1ccccc21. The Balaban J connectivity index is 1.28. The molecule has 2 aliphatic rings. The van der Waals surface area contributed by atoms with E-state index in [0.717, 1.165) is 44.7 Å². The topological polar surface area (TPSA) is 143 Å². The second kappa shape index (κ2) is 17.0. The zero-order valence-corrected chi connectivity index (χ0v) is 35.7. The first-order valence-electron chi connectivity index (χ1n) is 20.5. The zero-order valence-electron chi connectivity index (χ0n) is 34.9. The maximum absolute atomic E-state index is 13.1. The van der Waals surface area contributed by atoms with Crippen LogP contribution in [0.25, 0.3) is 27.1 Å². The molecule has 0 atom stereocenters. The lowest BCUT2D eigenvalue weighted by Crippen LogP contribution is -2.28. The number of carbonyl (C=O) groups is 2. The number of rotatable bonds is 15. The predicted molar refractivity (Wildman–Crippen MR) is 239 cm³/mol. The van der Waals surface area contributed by atoms with Crippen molar-refractivity contribution >= 4 is 66.2 Å². The molecule has 4 aromatic carbocycles. The highest BCUT2D eigenvalue weighted by molar-refractivity contribution is 7.85. The molecule has 0 saturated carbocycles. The van der Waals surface area contributed by atoms with Crippen LogP contribution in [0.1, 0.15) is 87.0 Å². The number of pyridine rings is 1. The molecule has 10 nitrogen and oxygen atoms in total. The summed E-state index contributed by atoms with van der Waals surface area (Å²) in [5.41, 5.74) is 7.61. The maximum atomic E-state index is 13.1. The van der Waals surface area contributed by atoms with Gasteiger partial charge in [0.1, 0.15) is 6.54 Å². The molecule has 0 aliphatic carbocycles. The number of likely N-dealkylation sites (N-methyl/N-ethyl adjacent to an activating group) is 1. The predicted octanol–water partition coefficient (Wildman–Crippen LogP) is 9.03. The molecule has 11 heteroatoms. The molecule has 5 aromatic rings. The van der Waals surface area contributed by atoms with Gasteiger partial charge in [0, 0.05) is 78.5 Å². The zero-order chi connectivity index (χ0) is 42.8. The minimum absolute atomic E-state index is 0.113. The first-order chi connectivity index (χ1) is 28.6. The molecule has 0 radical (unpaired) electrons. The molecule has 0 unspecified atom stereocenters. The van der Waals surface area contributed by atoms with E-state index in [1.165, 1.54) is 16.3 Å². The molecule has 0 saturated heterocycles. The fraction of sp³-hybridized carbons (Fsp3) is 0.306. The smallest absolute Gasteiger partial charge is 0.303 e. The number of carboxylic acids is 1. The number of unbranched alkanes of at least 4 members (excludes halogenated alkanes) is 2. The van der Waals surface area contributed by atoms with Crippen LogP contribution in [-0.2, 0) is 25.7 Å². The molecule has 2 N–H and O–H groups in total. The molecule has 0 fully saturated rings. The number of nitrogens with zero attached hydrogens (tertiary/aromatic N) is 3. The van der Waals surface area contributed by atoms with Gasteiger partial charge in [-0.15, -0.1) is 0 Å². The van der Waals surface area contributed by atoms with Crippen LogP contribution in [0.5, 0.6) is 0 Å². The third kappa shape index (κ3) is 8.55. The van der Waals surface area contributed by atoms with Crippen LogP contribution in [0.3, 0.4) is 0 Å². The average Bonchev–Trinajstić information content (AvgIpc) is 3.55. The van der Waals surface area contributed by atoms with Crippen molar-refractivity contribution in [2.45, 2.75) is 70.6 Å². The Kier molecular flexibility index (Phi) is 12.0. The van der Waals surface area contributed by atoms with Gasteiger partial charge in [0.15, 0.2) is 5.71 Å². The fourth-order valence-electron chi connectivity index (χ4n) is 9.01. The molecular formula is C49H52N4O6S. The van der Waals surface area contributed by atoms with Crippen LogP contribution in [-0.4, -0.2) is 71.1 Å². The van der Waals surface area contributed by atoms with Gasteiger partial charge in [-0.05, 0) is 90.2 Å². The monoisotopic (exact) mass is 824 g/mol. The van der Waals surface area contributed by atoms with Gasteiger partial charge in [-0.2, -0.15) is 4.58 Å². The number of hydrogen-bond donors (Lipinski definition) is 2. The molecule has 7 rings (SSSR count). The summed E-state index contributed by atoms with van der Waals surface area (Å²) in [5, 5.41) is 16.4. The first-order valence-corrected chi connectivity index (χ1v) is 22.1. The van der Waals surface area contributed by atoms with Crippen LogP contribution < -0.4 is 10.2 Å². The summed E-state index contributed by atoms with van der Waals surface area (Å²) in [6.07, 6.45) is 12.1. The molecule has 3 heterocycles. The van der Waals surface area contributed by atoms with Crippen molar-refractivity contribution in [2.24, 2.45) is 0 Å². The molecule has 2 aliphatic heterocycles. The van der Waals surface area contributed by atoms with Crippen molar-refractivity contribution in [3.8, 4) is 0 Å². The molecule has 0 bridgehead atoms. The number of fused-ring (bicyclic) bond motifs is 6. The van der Waals surface area contributed by atoms with Gasteiger partial charge >= 0.3 is 5.97 Å². The van der Waals surface area contributed by atoms with Crippen LogP contribution >= 0.6 is 0 Å². The molecule has 1 amide bonds. The van der Waals surface area contributed by atoms with Crippen LogP contribution in [0, 0.1) is 0 Å². The standard InChI is InChI=1S/C49H52N4O6S/c1-48(2)42(52(5)40-25-20-33-14-8-10-16-37(33)45(40)48)27-22-35(39-24-19-36(32-51-39)47(56)50-29-12-6-7-18-44(54)55)23-28-43-49(3,4)46-38-17-11-9-15-34(38)21-26-41(46)53(43)30-13-31-60(57,58)59/h8-11,14-17,19-28,32H,6-7,12-13,18,29-31H2,1-5H3,(H2-,50,54,55,56,57,58,59). The van der Waals surface area contributed by atoms with Gasteiger partial charge in [-0.3, -0.25) is 14.6 Å². The third-order valence-corrected chi connectivity index (χ3v) is 12.7. The third-order valence-electron chi connectivity index (χ3n) is 11.9. The van der Waals surface area contributed by atoms with E-state index in [9.17, 15) is 22.6 Å². The van der Waals surface area contributed by atoms with Gasteiger partial charge in [0.25, 0.3) is 5.91 Å². The number of carbonyl (C=O) groups excluding carboxylic acids is 1. The Hall–Kier alpha value is -5.91. The lowest BCUT2D eigenvalue weighted by molar-refractivity contribution is -0.437. The minimum atomic E-state index is -4.40. The summed E-state index contributed by atoms with van der Waals surface area (Å²) < 4.78 is 37.3. The lowest BCUT2D eigenvalue weighted by atomic mass is 9.79. The Morgan fingerprint density at radius 1 is 0.850 bits per heavy atom. The number of benzene rings is 4. The number of aromatic nitrogens is 1. The number of nitrogens with one attached hydrogen (secondary N) is 1. The minimum Gasteiger partial charge on any atom is -0.748 e. The molecule has 1 aromatic heterocycles. The molecular weight excluding hydrogens is 773 g/mol. The largest absolute Gasteiger partial charge is 0.748 e. The van der Waals surface area contributed by atoms with Crippen molar-refractivity contribution in [3.63, 3.8) is 0 Å². The lowest BCUT2D eigenvalue weighted by Gasteiger charge is -2.24. The first kappa shape index (κ1) is 42.2. The Labute approximate surface area is 352 Å². The van der Waals surface area contributed by atoms with Crippen LogP contribution in [0.4, 0.5) is 11.4 Å². The summed E-state index contributed by atoms with van der Waals surface area (Å²) >= 11 is 0.